The van der Waals surface area contributed by atoms with Gasteiger partial charge in [-0.1, -0.05) is 32.4 Å². The number of anilines is 1. The highest BCUT2D eigenvalue weighted by Gasteiger charge is 2.25. The van der Waals surface area contributed by atoms with Crippen molar-refractivity contribution in [3.63, 3.8) is 0 Å². The molecule has 1 atom stereocenters. The van der Waals surface area contributed by atoms with Crippen LogP contribution in [0.5, 0.6) is 0 Å². The van der Waals surface area contributed by atoms with E-state index in [0.29, 0.717) is 0 Å². The Morgan fingerprint density at radius 3 is 2.95 bits per heavy atom. The zero-order valence-corrected chi connectivity index (χ0v) is 12.9. The van der Waals surface area contributed by atoms with Crippen molar-refractivity contribution in [3.8, 4) is 0 Å². The number of nitrogens with zero attached hydrogens (tertiary/aromatic N) is 2. The van der Waals surface area contributed by atoms with E-state index in [0.717, 1.165) is 54.4 Å². The Morgan fingerprint density at radius 2 is 2.32 bits per heavy atom. The van der Waals surface area contributed by atoms with E-state index in [1.165, 1.54) is 6.42 Å². The van der Waals surface area contributed by atoms with Crippen molar-refractivity contribution in [2.75, 3.05) is 24.5 Å². The molecule has 1 fully saturated rings. The molecule has 19 heavy (non-hydrogen) atoms. The zero-order chi connectivity index (χ0) is 13.8. The van der Waals surface area contributed by atoms with Crippen molar-refractivity contribution in [3.05, 3.63) is 22.8 Å². The molecule has 1 saturated heterocycles. The molecule has 0 spiro atoms. The Labute approximate surface area is 121 Å². The van der Waals surface area contributed by atoms with E-state index in [4.69, 9.17) is 11.6 Å². The fraction of sp³-hybridized carbons (Fsp3) is 0.667. The minimum atomic E-state index is 0.749. The van der Waals surface area contributed by atoms with Gasteiger partial charge in [0.25, 0.3) is 0 Å². The molecule has 0 radical (unpaired) electrons. The first kappa shape index (κ1) is 14.6. The van der Waals surface area contributed by atoms with Gasteiger partial charge in [-0.2, -0.15) is 0 Å². The minimum Gasteiger partial charge on any atom is -0.356 e. The lowest BCUT2D eigenvalue weighted by atomic mass is 9.95. The molecule has 0 aliphatic carbocycles. The molecule has 0 bridgehead atoms. The summed E-state index contributed by atoms with van der Waals surface area (Å²) in [5.74, 6) is 2.61. The molecule has 1 aliphatic rings. The predicted octanol–water partition coefficient (Wildman–Crippen LogP) is 3.33. The number of hydrogen-bond acceptors (Lipinski definition) is 3. The predicted molar refractivity (Wildman–Crippen MR) is 81.8 cm³/mol. The summed E-state index contributed by atoms with van der Waals surface area (Å²) in [6.07, 6.45) is 3.05. The SMILES string of the molecule is CCNCc1cc(N2CCC(C(C)C)C2)ncc1Cl. The maximum atomic E-state index is 6.20. The normalized spacial score (nSPS) is 19.4. The zero-order valence-electron chi connectivity index (χ0n) is 12.1. The van der Waals surface area contributed by atoms with E-state index in [1.54, 1.807) is 6.20 Å². The Balaban J connectivity index is 2.08. The summed E-state index contributed by atoms with van der Waals surface area (Å²) in [4.78, 5) is 6.87. The second kappa shape index (κ2) is 6.58. The van der Waals surface area contributed by atoms with Crippen LogP contribution in [0, 0.1) is 11.8 Å². The fourth-order valence-electron chi connectivity index (χ4n) is 2.58. The van der Waals surface area contributed by atoms with Gasteiger partial charge in [0.15, 0.2) is 0 Å². The van der Waals surface area contributed by atoms with Gasteiger partial charge in [0.05, 0.1) is 5.02 Å². The highest BCUT2D eigenvalue weighted by molar-refractivity contribution is 6.31. The topological polar surface area (TPSA) is 28.2 Å². The summed E-state index contributed by atoms with van der Waals surface area (Å²) < 4.78 is 0. The van der Waals surface area contributed by atoms with E-state index in [9.17, 15) is 0 Å². The molecule has 1 N–H and O–H groups in total. The lowest BCUT2D eigenvalue weighted by molar-refractivity contribution is 0.422. The van der Waals surface area contributed by atoms with Crippen molar-refractivity contribution in [1.29, 1.82) is 0 Å². The first-order valence-electron chi connectivity index (χ1n) is 7.22. The van der Waals surface area contributed by atoms with Crippen LogP contribution in [0.15, 0.2) is 12.3 Å². The first-order chi connectivity index (χ1) is 9.11. The lowest BCUT2D eigenvalue weighted by Crippen LogP contribution is -2.22. The van der Waals surface area contributed by atoms with Crippen LogP contribution in [0.2, 0.25) is 5.02 Å². The molecule has 0 amide bonds. The Morgan fingerprint density at radius 1 is 1.53 bits per heavy atom. The van der Waals surface area contributed by atoms with Crippen molar-refractivity contribution in [2.24, 2.45) is 11.8 Å². The standard InChI is InChI=1S/C15H24ClN3/c1-4-17-8-13-7-15(18-9-14(13)16)19-6-5-12(10-19)11(2)3/h7,9,11-12,17H,4-6,8,10H2,1-3H3. The molecule has 3 nitrogen and oxygen atoms in total. The number of pyridine rings is 1. The third kappa shape index (κ3) is 3.61. The van der Waals surface area contributed by atoms with Gasteiger partial charge in [-0.3, -0.25) is 0 Å². The average molecular weight is 282 g/mol. The Hall–Kier alpha value is -0.800. The van der Waals surface area contributed by atoms with Crippen molar-refractivity contribution < 1.29 is 0 Å². The third-order valence-electron chi connectivity index (χ3n) is 3.98. The second-order valence-electron chi connectivity index (χ2n) is 5.65. The van der Waals surface area contributed by atoms with Crippen LogP contribution in [-0.4, -0.2) is 24.6 Å². The third-order valence-corrected chi connectivity index (χ3v) is 4.32. The number of aromatic nitrogens is 1. The van der Waals surface area contributed by atoms with E-state index in [1.807, 2.05) is 0 Å². The summed E-state index contributed by atoms with van der Waals surface area (Å²) >= 11 is 6.20. The van der Waals surface area contributed by atoms with Gasteiger partial charge in [-0.25, -0.2) is 4.98 Å². The molecule has 1 aliphatic heterocycles. The first-order valence-corrected chi connectivity index (χ1v) is 7.59. The molecule has 2 rings (SSSR count). The molecule has 0 saturated carbocycles. The average Bonchev–Trinajstić information content (AvgIpc) is 2.87. The molecule has 106 valence electrons. The molecule has 1 aromatic heterocycles. The van der Waals surface area contributed by atoms with Crippen molar-refractivity contribution >= 4 is 17.4 Å². The van der Waals surface area contributed by atoms with Gasteiger partial charge in [0.1, 0.15) is 5.82 Å². The highest BCUT2D eigenvalue weighted by Crippen LogP contribution is 2.28. The van der Waals surface area contributed by atoms with Crippen LogP contribution in [0.3, 0.4) is 0 Å². The quantitative estimate of drug-likeness (QED) is 0.897. The number of rotatable bonds is 5. The van der Waals surface area contributed by atoms with E-state index in [2.05, 4.69) is 42.0 Å². The van der Waals surface area contributed by atoms with Gasteiger partial charge < -0.3 is 10.2 Å². The van der Waals surface area contributed by atoms with Crippen LogP contribution in [0.25, 0.3) is 0 Å². The monoisotopic (exact) mass is 281 g/mol. The largest absolute Gasteiger partial charge is 0.356 e. The van der Waals surface area contributed by atoms with Crippen molar-refractivity contribution in [2.45, 2.75) is 33.7 Å². The van der Waals surface area contributed by atoms with Crippen LogP contribution in [-0.2, 0) is 6.54 Å². The van der Waals surface area contributed by atoms with Gasteiger partial charge in [0, 0.05) is 25.8 Å². The summed E-state index contributed by atoms with van der Waals surface area (Å²) in [5, 5.41) is 4.07. The molecule has 2 heterocycles. The molecule has 1 unspecified atom stereocenters. The van der Waals surface area contributed by atoms with Gasteiger partial charge in [0.2, 0.25) is 0 Å². The molecule has 0 aromatic carbocycles. The minimum absolute atomic E-state index is 0.749. The summed E-state index contributed by atoms with van der Waals surface area (Å²) in [6.45, 7) is 10.7. The number of hydrogen-bond donors (Lipinski definition) is 1. The Bertz CT molecular complexity index is 420. The molecule has 1 aromatic rings. The van der Waals surface area contributed by atoms with Crippen LogP contribution < -0.4 is 10.2 Å². The van der Waals surface area contributed by atoms with Crippen LogP contribution in [0.4, 0.5) is 5.82 Å². The fourth-order valence-corrected chi connectivity index (χ4v) is 2.75. The summed E-state index contributed by atoms with van der Waals surface area (Å²) in [7, 11) is 0. The van der Waals surface area contributed by atoms with Crippen LogP contribution in [0.1, 0.15) is 32.8 Å². The Kier molecular flexibility index (Phi) is 5.06. The second-order valence-corrected chi connectivity index (χ2v) is 6.06. The van der Waals surface area contributed by atoms with Crippen LogP contribution >= 0.6 is 11.6 Å². The number of nitrogens with one attached hydrogen (secondary N) is 1. The van der Waals surface area contributed by atoms with Gasteiger partial charge >= 0.3 is 0 Å². The summed E-state index contributed by atoms with van der Waals surface area (Å²) in [5.41, 5.74) is 1.14. The number of halogens is 1. The lowest BCUT2D eigenvalue weighted by Gasteiger charge is -2.20. The highest BCUT2D eigenvalue weighted by atomic mass is 35.5. The maximum Gasteiger partial charge on any atom is 0.128 e. The van der Waals surface area contributed by atoms with Gasteiger partial charge in [-0.05, 0) is 36.4 Å². The van der Waals surface area contributed by atoms with E-state index in [-0.39, 0.29) is 0 Å². The molecular formula is C15H24ClN3. The molecular weight excluding hydrogens is 258 g/mol. The summed E-state index contributed by atoms with van der Waals surface area (Å²) in [6, 6.07) is 2.13. The molecule has 4 heteroatoms. The smallest absolute Gasteiger partial charge is 0.128 e. The maximum absolute atomic E-state index is 6.20. The van der Waals surface area contributed by atoms with E-state index >= 15 is 0 Å². The van der Waals surface area contributed by atoms with E-state index < -0.39 is 0 Å². The van der Waals surface area contributed by atoms with Gasteiger partial charge in [-0.15, -0.1) is 0 Å². The van der Waals surface area contributed by atoms with Crippen molar-refractivity contribution in [1.82, 2.24) is 10.3 Å².